The van der Waals surface area contributed by atoms with Crippen LogP contribution in [-0.2, 0) is 9.53 Å². The largest absolute Gasteiger partial charge is 0.482 e. The van der Waals surface area contributed by atoms with Crippen molar-refractivity contribution in [3.63, 3.8) is 0 Å². The van der Waals surface area contributed by atoms with Crippen molar-refractivity contribution >= 4 is 29.1 Å². The standard InChI is InChI=1S/C19H21Cl2NO3/c1-14(15-6-3-2-4-7-15)24-11-5-10-22-19(23)13-25-18-9-8-16(20)12-17(18)21/h2-4,6-9,12,14H,5,10-11,13H2,1H3,(H,22,23). The van der Waals surface area contributed by atoms with Crippen LogP contribution in [0.3, 0.4) is 0 Å². The van der Waals surface area contributed by atoms with Crippen molar-refractivity contribution in [1.29, 1.82) is 0 Å². The molecule has 0 radical (unpaired) electrons. The van der Waals surface area contributed by atoms with Gasteiger partial charge in [-0.3, -0.25) is 4.79 Å². The number of hydrogen-bond donors (Lipinski definition) is 1. The molecule has 25 heavy (non-hydrogen) atoms. The van der Waals surface area contributed by atoms with Gasteiger partial charge in [0.1, 0.15) is 5.75 Å². The molecule has 0 saturated carbocycles. The summed E-state index contributed by atoms with van der Waals surface area (Å²) in [6.07, 6.45) is 0.761. The molecule has 134 valence electrons. The highest BCUT2D eigenvalue weighted by molar-refractivity contribution is 6.35. The molecule has 6 heteroatoms. The minimum atomic E-state index is -0.206. The van der Waals surface area contributed by atoms with Crippen LogP contribution in [0, 0.1) is 0 Å². The van der Waals surface area contributed by atoms with E-state index >= 15 is 0 Å². The zero-order valence-corrected chi connectivity index (χ0v) is 15.5. The highest BCUT2D eigenvalue weighted by Crippen LogP contribution is 2.27. The molecule has 0 spiro atoms. The van der Waals surface area contributed by atoms with E-state index in [1.165, 1.54) is 0 Å². The van der Waals surface area contributed by atoms with E-state index in [0.29, 0.717) is 28.9 Å². The Morgan fingerprint density at radius 3 is 2.64 bits per heavy atom. The first-order valence-corrected chi connectivity index (χ1v) is 8.83. The molecule has 0 aliphatic rings. The van der Waals surface area contributed by atoms with E-state index < -0.39 is 0 Å². The van der Waals surface area contributed by atoms with Gasteiger partial charge < -0.3 is 14.8 Å². The van der Waals surface area contributed by atoms with Crippen molar-refractivity contribution in [3.05, 3.63) is 64.1 Å². The zero-order valence-electron chi connectivity index (χ0n) is 14.0. The third kappa shape index (κ3) is 6.94. The highest BCUT2D eigenvalue weighted by Gasteiger charge is 2.07. The molecule has 0 aliphatic heterocycles. The SMILES string of the molecule is CC(OCCCNC(=O)COc1ccc(Cl)cc1Cl)c1ccccc1. The number of rotatable bonds is 9. The van der Waals surface area contributed by atoms with E-state index in [1.54, 1.807) is 18.2 Å². The number of hydrogen-bond acceptors (Lipinski definition) is 3. The summed E-state index contributed by atoms with van der Waals surface area (Å²) in [6.45, 7) is 3.01. The second kappa shape index (κ2) is 10.3. The Labute approximate surface area is 158 Å². The van der Waals surface area contributed by atoms with E-state index in [4.69, 9.17) is 32.7 Å². The molecule has 0 saturated heterocycles. The van der Waals surface area contributed by atoms with Gasteiger partial charge >= 0.3 is 0 Å². The van der Waals surface area contributed by atoms with E-state index in [0.717, 1.165) is 12.0 Å². The fourth-order valence-corrected chi connectivity index (χ4v) is 2.63. The average molecular weight is 382 g/mol. The van der Waals surface area contributed by atoms with Crippen LogP contribution in [0.4, 0.5) is 0 Å². The summed E-state index contributed by atoms with van der Waals surface area (Å²) in [5, 5.41) is 3.68. The van der Waals surface area contributed by atoms with Crippen LogP contribution >= 0.6 is 23.2 Å². The third-order valence-electron chi connectivity index (χ3n) is 3.53. The fraction of sp³-hybridized carbons (Fsp3) is 0.316. The van der Waals surface area contributed by atoms with Gasteiger partial charge in [0.25, 0.3) is 5.91 Å². The van der Waals surface area contributed by atoms with Gasteiger partial charge in [-0.25, -0.2) is 0 Å². The summed E-state index contributed by atoms with van der Waals surface area (Å²) < 4.78 is 11.1. The van der Waals surface area contributed by atoms with Gasteiger partial charge in [0.2, 0.25) is 0 Å². The molecule has 0 aromatic heterocycles. The van der Waals surface area contributed by atoms with Crippen LogP contribution in [-0.4, -0.2) is 25.7 Å². The molecule has 0 aliphatic carbocycles. The number of benzene rings is 2. The molecular weight excluding hydrogens is 361 g/mol. The Morgan fingerprint density at radius 1 is 1.16 bits per heavy atom. The Hall–Kier alpha value is -1.75. The van der Waals surface area contributed by atoms with Crippen molar-refractivity contribution in [3.8, 4) is 5.75 Å². The first kappa shape index (κ1) is 19.6. The number of halogens is 2. The van der Waals surface area contributed by atoms with Crippen molar-refractivity contribution < 1.29 is 14.3 Å². The van der Waals surface area contributed by atoms with Gasteiger partial charge in [0.05, 0.1) is 11.1 Å². The lowest BCUT2D eigenvalue weighted by Gasteiger charge is -2.13. The lowest BCUT2D eigenvalue weighted by molar-refractivity contribution is -0.123. The van der Waals surface area contributed by atoms with Crippen LogP contribution in [0.25, 0.3) is 0 Å². The Morgan fingerprint density at radius 2 is 1.92 bits per heavy atom. The lowest BCUT2D eigenvalue weighted by Crippen LogP contribution is -2.30. The van der Waals surface area contributed by atoms with Crippen LogP contribution in [0.5, 0.6) is 5.75 Å². The van der Waals surface area contributed by atoms with Gasteiger partial charge in [-0.2, -0.15) is 0 Å². The predicted octanol–water partition coefficient (Wildman–Crippen LogP) is 4.66. The second-order valence-electron chi connectivity index (χ2n) is 5.49. The normalized spacial score (nSPS) is 11.8. The van der Waals surface area contributed by atoms with Crippen molar-refractivity contribution in [2.24, 2.45) is 0 Å². The molecule has 1 atom stereocenters. The number of carbonyl (C=O) groups is 1. The zero-order chi connectivity index (χ0) is 18.1. The maximum Gasteiger partial charge on any atom is 0.257 e. The minimum Gasteiger partial charge on any atom is -0.482 e. The van der Waals surface area contributed by atoms with Crippen LogP contribution < -0.4 is 10.1 Å². The number of carbonyl (C=O) groups excluding carboxylic acids is 1. The smallest absolute Gasteiger partial charge is 0.257 e. The molecule has 1 N–H and O–H groups in total. The first-order valence-electron chi connectivity index (χ1n) is 8.07. The maximum absolute atomic E-state index is 11.8. The van der Waals surface area contributed by atoms with Crippen molar-refractivity contribution in [1.82, 2.24) is 5.32 Å². The van der Waals surface area contributed by atoms with E-state index in [-0.39, 0.29) is 18.6 Å². The maximum atomic E-state index is 11.8. The summed E-state index contributed by atoms with van der Waals surface area (Å²) in [7, 11) is 0. The Balaban J connectivity index is 1.59. The third-order valence-corrected chi connectivity index (χ3v) is 4.06. The Kier molecular flexibility index (Phi) is 8.06. The summed E-state index contributed by atoms with van der Waals surface area (Å²) >= 11 is 11.8. The van der Waals surface area contributed by atoms with Gasteiger partial charge in [-0.05, 0) is 37.1 Å². The molecule has 0 bridgehead atoms. The van der Waals surface area contributed by atoms with Crippen LogP contribution in [0.15, 0.2) is 48.5 Å². The molecule has 2 aromatic carbocycles. The van der Waals surface area contributed by atoms with Gasteiger partial charge in [0, 0.05) is 18.2 Å². The molecule has 1 amide bonds. The topological polar surface area (TPSA) is 47.6 Å². The molecule has 4 nitrogen and oxygen atoms in total. The quantitative estimate of drug-likeness (QED) is 0.642. The fourth-order valence-electron chi connectivity index (χ4n) is 2.17. The second-order valence-corrected chi connectivity index (χ2v) is 6.33. The molecular formula is C19H21Cl2NO3. The minimum absolute atomic E-state index is 0.0345. The van der Waals surface area contributed by atoms with E-state index in [2.05, 4.69) is 5.32 Å². The summed E-state index contributed by atoms with van der Waals surface area (Å²) in [6, 6.07) is 14.9. The predicted molar refractivity (Wildman–Crippen MR) is 100 cm³/mol. The first-order chi connectivity index (χ1) is 12.1. The van der Waals surface area contributed by atoms with Crippen LogP contribution in [0.1, 0.15) is 25.0 Å². The number of ether oxygens (including phenoxy) is 2. The summed E-state index contributed by atoms with van der Waals surface area (Å²) in [5.74, 6) is 0.225. The number of amides is 1. The molecule has 0 heterocycles. The number of nitrogens with one attached hydrogen (secondary N) is 1. The molecule has 1 unspecified atom stereocenters. The van der Waals surface area contributed by atoms with Gasteiger partial charge in [0.15, 0.2) is 6.61 Å². The van der Waals surface area contributed by atoms with Gasteiger partial charge in [-0.1, -0.05) is 53.5 Å². The summed E-state index contributed by atoms with van der Waals surface area (Å²) in [4.78, 5) is 11.8. The van der Waals surface area contributed by atoms with E-state index in [9.17, 15) is 4.79 Å². The van der Waals surface area contributed by atoms with Crippen LogP contribution in [0.2, 0.25) is 10.0 Å². The van der Waals surface area contributed by atoms with Crippen molar-refractivity contribution in [2.75, 3.05) is 19.8 Å². The van der Waals surface area contributed by atoms with E-state index in [1.807, 2.05) is 37.3 Å². The van der Waals surface area contributed by atoms with Gasteiger partial charge in [-0.15, -0.1) is 0 Å². The average Bonchev–Trinajstić information content (AvgIpc) is 2.61. The lowest BCUT2D eigenvalue weighted by atomic mass is 10.1. The Bertz CT molecular complexity index is 680. The van der Waals surface area contributed by atoms with Crippen molar-refractivity contribution in [2.45, 2.75) is 19.4 Å². The highest BCUT2D eigenvalue weighted by atomic mass is 35.5. The molecule has 0 fully saturated rings. The monoisotopic (exact) mass is 381 g/mol. The molecule has 2 aromatic rings. The molecule has 2 rings (SSSR count). The summed E-state index contributed by atoms with van der Waals surface area (Å²) in [5.41, 5.74) is 1.14.